The van der Waals surface area contributed by atoms with Crippen LogP contribution in [-0.4, -0.2) is 22.2 Å². The molecule has 1 aromatic heterocycles. The van der Waals surface area contributed by atoms with Crippen LogP contribution in [0.2, 0.25) is 10.4 Å². The van der Waals surface area contributed by atoms with Gasteiger partial charge >= 0.3 is 0 Å². The molecular formula is C14H12Cl2N2O2. The Bertz CT molecular complexity index is 652. The van der Waals surface area contributed by atoms with Crippen LogP contribution in [-0.2, 0) is 0 Å². The van der Waals surface area contributed by atoms with Crippen LogP contribution >= 0.6 is 23.2 Å². The molecule has 104 valence electrons. The third-order valence-corrected chi connectivity index (χ3v) is 2.92. The zero-order valence-corrected chi connectivity index (χ0v) is 12.4. The van der Waals surface area contributed by atoms with Crippen molar-refractivity contribution in [2.24, 2.45) is 0 Å². The summed E-state index contributed by atoms with van der Waals surface area (Å²) in [5.74, 6) is 0.705. The number of halogens is 2. The summed E-state index contributed by atoms with van der Waals surface area (Å²) in [4.78, 5) is 7.71. The average Bonchev–Trinajstić information content (AvgIpc) is 2.36. The maximum absolute atomic E-state index is 10.2. The maximum atomic E-state index is 10.2. The third kappa shape index (κ3) is 3.62. The molecule has 1 aromatic carbocycles. The summed E-state index contributed by atoms with van der Waals surface area (Å²) in [6.07, 6.45) is 1.47. The summed E-state index contributed by atoms with van der Waals surface area (Å²) in [5, 5.41) is 10.4. The second-order valence-electron chi connectivity index (χ2n) is 4.15. The van der Waals surface area contributed by atoms with Gasteiger partial charge in [0.15, 0.2) is 0 Å². The Morgan fingerprint density at radius 2 is 1.95 bits per heavy atom. The van der Waals surface area contributed by atoms with Crippen molar-refractivity contribution >= 4 is 35.0 Å². The molecule has 0 saturated heterocycles. The van der Waals surface area contributed by atoms with E-state index in [1.807, 2.05) is 19.1 Å². The quantitative estimate of drug-likeness (QED) is 0.525. The topological polar surface area (TPSA) is 55.2 Å². The lowest BCUT2D eigenvalue weighted by Gasteiger charge is -2.06. The molecule has 0 saturated carbocycles. The molecule has 0 amide bonds. The van der Waals surface area contributed by atoms with Crippen molar-refractivity contribution in [2.45, 2.75) is 6.92 Å². The van der Waals surface area contributed by atoms with Gasteiger partial charge in [-0.15, -0.1) is 0 Å². The number of aryl methyl sites for hydroxylation is 1. The molecule has 0 aliphatic heterocycles. The van der Waals surface area contributed by atoms with E-state index in [4.69, 9.17) is 27.9 Å². The van der Waals surface area contributed by atoms with Gasteiger partial charge in [0.05, 0.1) is 12.8 Å². The van der Waals surface area contributed by atoms with Crippen LogP contribution in [0, 0.1) is 6.92 Å². The molecule has 4 nitrogen and oxygen atoms in total. The SMILES string of the molecule is COc1cc(C)cc(/C(O)=C\c2cc(Cl)nc(Cl)n2)c1. The minimum atomic E-state index is 0.0263. The van der Waals surface area contributed by atoms with Crippen LogP contribution in [0.5, 0.6) is 5.75 Å². The molecule has 2 aromatic rings. The molecule has 0 bridgehead atoms. The second-order valence-corrected chi connectivity index (χ2v) is 4.88. The predicted molar refractivity (Wildman–Crippen MR) is 80.3 cm³/mol. The normalized spacial score (nSPS) is 11.5. The van der Waals surface area contributed by atoms with E-state index in [1.54, 1.807) is 13.2 Å². The standard InChI is InChI=1S/C14H12Cl2N2O2/c1-8-3-9(5-11(4-8)20-2)12(19)6-10-7-13(15)18-14(16)17-10/h3-7,19H,1-2H3/b12-6+. The number of aromatic nitrogens is 2. The van der Waals surface area contributed by atoms with Crippen molar-refractivity contribution in [3.63, 3.8) is 0 Å². The van der Waals surface area contributed by atoms with E-state index in [0.717, 1.165) is 5.56 Å². The van der Waals surface area contributed by atoms with E-state index < -0.39 is 0 Å². The zero-order chi connectivity index (χ0) is 14.7. The summed E-state index contributed by atoms with van der Waals surface area (Å²) in [6.45, 7) is 1.91. The van der Waals surface area contributed by atoms with E-state index in [9.17, 15) is 5.11 Å². The number of nitrogens with zero attached hydrogens (tertiary/aromatic N) is 2. The Morgan fingerprint density at radius 3 is 2.60 bits per heavy atom. The highest BCUT2D eigenvalue weighted by atomic mass is 35.5. The van der Waals surface area contributed by atoms with Crippen LogP contribution in [0.1, 0.15) is 16.8 Å². The molecule has 0 unspecified atom stereocenters. The summed E-state index contributed by atoms with van der Waals surface area (Å²) in [7, 11) is 1.57. The van der Waals surface area contributed by atoms with E-state index in [1.165, 1.54) is 12.1 Å². The predicted octanol–water partition coefficient (Wildman–Crippen LogP) is 4.16. The van der Waals surface area contributed by atoms with Gasteiger partial charge < -0.3 is 9.84 Å². The number of rotatable bonds is 3. The number of hydrogen-bond donors (Lipinski definition) is 1. The fourth-order valence-corrected chi connectivity index (χ4v) is 2.14. The molecule has 0 radical (unpaired) electrons. The zero-order valence-electron chi connectivity index (χ0n) is 10.9. The van der Waals surface area contributed by atoms with Gasteiger partial charge in [0.1, 0.15) is 16.7 Å². The Kier molecular flexibility index (Phi) is 4.47. The summed E-state index contributed by atoms with van der Waals surface area (Å²) >= 11 is 11.5. The van der Waals surface area contributed by atoms with E-state index in [2.05, 4.69) is 9.97 Å². The van der Waals surface area contributed by atoms with Gasteiger partial charge in [0, 0.05) is 17.7 Å². The maximum Gasteiger partial charge on any atom is 0.224 e. The first-order valence-corrected chi connectivity index (χ1v) is 6.50. The van der Waals surface area contributed by atoms with Crippen molar-refractivity contribution in [3.8, 4) is 5.75 Å². The molecule has 1 heterocycles. The lowest BCUT2D eigenvalue weighted by atomic mass is 10.1. The van der Waals surface area contributed by atoms with Gasteiger partial charge in [-0.05, 0) is 42.3 Å². The van der Waals surface area contributed by atoms with Crippen molar-refractivity contribution in [2.75, 3.05) is 7.11 Å². The number of benzene rings is 1. The second kappa shape index (κ2) is 6.11. The Hall–Kier alpha value is -1.78. The molecule has 0 aliphatic carbocycles. The smallest absolute Gasteiger partial charge is 0.224 e. The highest BCUT2D eigenvalue weighted by molar-refractivity contribution is 6.31. The molecule has 2 rings (SSSR count). The van der Waals surface area contributed by atoms with Gasteiger partial charge in [-0.3, -0.25) is 0 Å². The van der Waals surface area contributed by atoms with Crippen molar-refractivity contribution < 1.29 is 9.84 Å². The van der Waals surface area contributed by atoms with Crippen molar-refractivity contribution in [1.82, 2.24) is 9.97 Å². The summed E-state index contributed by atoms with van der Waals surface area (Å²) in [6, 6.07) is 6.94. The number of ether oxygens (including phenoxy) is 1. The van der Waals surface area contributed by atoms with Gasteiger partial charge in [-0.1, -0.05) is 11.6 Å². The minimum absolute atomic E-state index is 0.0263. The fraction of sp³-hybridized carbons (Fsp3) is 0.143. The minimum Gasteiger partial charge on any atom is -0.507 e. The molecule has 1 N–H and O–H groups in total. The van der Waals surface area contributed by atoms with Gasteiger partial charge in [0.25, 0.3) is 0 Å². The monoisotopic (exact) mass is 310 g/mol. The van der Waals surface area contributed by atoms with E-state index >= 15 is 0 Å². The number of aliphatic hydroxyl groups is 1. The van der Waals surface area contributed by atoms with Gasteiger partial charge in [-0.2, -0.15) is 0 Å². The first kappa shape index (κ1) is 14.6. The van der Waals surface area contributed by atoms with Gasteiger partial charge in [0.2, 0.25) is 5.28 Å². The van der Waals surface area contributed by atoms with Crippen molar-refractivity contribution in [1.29, 1.82) is 0 Å². The van der Waals surface area contributed by atoms with E-state index in [-0.39, 0.29) is 16.2 Å². The number of aliphatic hydroxyl groups excluding tert-OH is 1. The molecule has 20 heavy (non-hydrogen) atoms. The number of hydrogen-bond acceptors (Lipinski definition) is 4. The Labute approximate surface area is 126 Å². The molecular weight excluding hydrogens is 299 g/mol. The fourth-order valence-electron chi connectivity index (χ4n) is 1.72. The van der Waals surface area contributed by atoms with Crippen LogP contribution < -0.4 is 4.74 Å². The number of methoxy groups -OCH3 is 1. The Morgan fingerprint density at radius 1 is 1.20 bits per heavy atom. The first-order valence-electron chi connectivity index (χ1n) is 5.75. The average molecular weight is 311 g/mol. The molecule has 6 heteroatoms. The van der Waals surface area contributed by atoms with Crippen LogP contribution in [0.15, 0.2) is 24.3 Å². The lowest BCUT2D eigenvalue weighted by Crippen LogP contribution is -1.91. The van der Waals surface area contributed by atoms with E-state index in [0.29, 0.717) is 17.0 Å². The molecule has 0 aliphatic rings. The molecule has 0 spiro atoms. The summed E-state index contributed by atoms with van der Waals surface area (Å²) in [5.41, 5.74) is 2.01. The molecule has 0 atom stereocenters. The Balaban J connectivity index is 2.41. The summed E-state index contributed by atoms with van der Waals surface area (Å²) < 4.78 is 5.17. The van der Waals surface area contributed by atoms with Crippen molar-refractivity contribution in [3.05, 3.63) is 51.5 Å². The van der Waals surface area contributed by atoms with Crippen LogP contribution in [0.3, 0.4) is 0 Å². The lowest BCUT2D eigenvalue weighted by molar-refractivity contribution is 0.413. The third-order valence-electron chi connectivity index (χ3n) is 2.55. The first-order chi connectivity index (χ1) is 9.47. The highest BCUT2D eigenvalue weighted by Crippen LogP contribution is 2.23. The van der Waals surface area contributed by atoms with Crippen LogP contribution in [0.25, 0.3) is 11.8 Å². The van der Waals surface area contributed by atoms with Gasteiger partial charge in [-0.25, -0.2) is 9.97 Å². The highest BCUT2D eigenvalue weighted by Gasteiger charge is 2.05. The van der Waals surface area contributed by atoms with Crippen LogP contribution in [0.4, 0.5) is 0 Å². The molecule has 0 fully saturated rings. The largest absolute Gasteiger partial charge is 0.507 e.